The molecule has 0 aromatic carbocycles. The summed E-state index contributed by atoms with van der Waals surface area (Å²) >= 11 is 0. The Bertz CT molecular complexity index is 804. The molecule has 0 aliphatic heterocycles. The highest BCUT2D eigenvalue weighted by molar-refractivity contribution is 7.45. The van der Waals surface area contributed by atoms with Crippen LogP contribution in [0.15, 0.2) is 12.2 Å². The van der Waals surface area contributed by atoms with Gasteiger partial charge in [-0.05, 0) is 19.3 Å². The predicted octanol–water partition coefficient (Wildman–Crippen LogP) is 9.78. The van der Waals surface area contributed by atoms with Crippen molar-refractivity contribution in [2.45, 2.75) is 193 Å². The molecule has 0 radical (unpaired) electrons. The van der Waals surface area contributed by atoms with E-state index in [1.165, 1.54) is 122 Å². The fraction of sp³-hybridized carbons (Fsp3) is 0.923. The van der Waals surface area contributed by atoms with Crippen molar-refractivity contribution >= 4 is 13.7 Å². The van der Waals surface area contributed by atoms with Crippen molar-refractivity contribution in [2.75, 3.05) is 40.9 Å². The molecular formula is C39H79N2O6P. The molecule has 0 rings (SSSR count). The molecule has 1 unspecified atom stereocenters. The minimum Gasteiger partial charge on any atom is -0.756 e. The maximum absolute atomic E-state index is 12.8. The summed E-state index contributed by atoms with van der Waals surface area (Å²) in [4.78, 5) is 25.2. The maximum atomic E-state index is 12.8. The molecule has 0 aliphatic rings. The molecule has 9 heteroatoms. The molecule has 1 amide bonds. The number of hydrogen-bond acceptors (Lipinski definition) is 6. The van der Waals surface area contributed by atoms with E-state index in [4.69, 9.17) is 9.05 Å². The van der Waals surface area contributed by atoms with Crippen LogP contribution in [0.2, 0.25) is 0 Å². The van der Waals surface area contributed by atoms with E-state index in [-0.39, 0.29) is 19.1 Å². The zero-order chi connectivity index (χ0) is 35.8. The molecule has 0 aromatic rings. The van der Waals surface area contributed by atoms with Gasteiger partial charge in [0, 0.05) is 6.42 Å². The highest BCUT2D eigenvalue weighted by Gasteiger charge is 2.23. The number of nitrogens with zero attached hydrogens (tertiary/aromatic N) is 1. The van der Waals surface area contributed by atoms with Gasteiger partial charge in [0.25, 0.3) is 7.82 Å². The second-order valence-corrected chi connectivity index (χ2v) is 16.4. The van der Waals surface area contributed by atoms with E-state index in [0.717, 1.165) is 38.5 Å². The number of unbranched alkanes of at least 4 members (excludes halogenated alkanes) is 23. The smallest absolute Gasteiger partial charge is 0.268 e. The van der Waals surface area contributed by atoms with Crippen LogP contribution in [0.4, 0.5) is 0 Å². The van der Waals surface area contributed by atoms with Crippen LogP contribution in [0.25, 0.3) is 0 Å². The number of allylic oxidation sites excluding steroid dienone is 1. The Morgan fingerprint density at radius 3 is 1.56 bits per heavy atom. The molecule has 0 aliphatic carbocycles. The molecule has 2 N–H and O–H groups in total. The average molecular weight is 703 g/mol. The first-order chi connectivity index (χ1) is 23.0. The molecule has 0 saturated carbocycles. The number of amides is 1. The third-order valence-corrected chi connectivity index (χ3v) is 9.96. The van der Waals surface area contributed by atoms with E-state index < -0.39 is 20.0 Å². The number of aliphatic hydroxyl groups is 1. The normalized spacial score (nSPS) is 14.7. The Kier molecular flexibility index (Phi) is 31.7. The number of hydrogen-bond donors (Lipinski definition) is 2. The number of carbonyl (C=O) groups is 1. The molecule has 8 nitrogen and oxygen atoms in total. The van der Waals surface area contributed by atoms with E-state index in [9.17, 15) is 19.4 Å². The number of nitrogens with one attached hydrogen (secondary N) is 1. The SMILES string of the molecule is CCCCCCCCCCC/C=C/[C@@H](O)[C@H](COP(=O)([O-])OCC[N+](C)(C)C)NC(=O)CCCCCCCCCCCCCCCCC. The van der Waals surface area contributed by atoms with Crippen LogP contribution in [0.3, 0.4) is 0 Å². The van der Waals surface area contributed by atoms with Gasteiger partial charge in [-0.1, -0.05) is 167 Å². The van der Waals surface area contributed by atoms with Crippen LogP contribution in [-0.2, 0) is 18.4 Å². The van der Waals surface area contributed by atoms with Gasteiger partial charge < -0.3 is 28.8 Å². The minimum absolute atomic E-state index is 0.00168. The zero-order valence-electron chi connectivity index (χ0n) is 32.2. The van der Waals surface area contributed by atoms with Crippen molar-refractivity contribution < 1.29 is 32.9 Å². The van der Waals surface area contributed by atoms with Crippen LogP contribution in [0.1, 0.15) is 181 Å². The average Bonchev–Trinajstić information content (AvgIpc) is 3.02. The number of likely N-dealkylation sites (N-methyl/N-ethyl adjacent to an activating group) is 1. The molecule has 0 saturated heterocycles. The first-order valence-corrected chi connectivity index (χ1v) is 21.5. The Hall–Kier alpha value is -0.760. The van der Waals surface area contributed by atoms with Gasteiger partial charge in [0.2, 0.25) is 5.91 Å². The summed E-state index contributed by atoms with van der Waals surface area (Å²) in [5, 5.41) is 13.7. The summed E-state index contributed by atoms with van der Waals surface area (Å²) in [6.45, 7) is 4.63. The Morgan fingerprint density at radius 1 is 0.708 bits per heavy atom. The van der Waals surface area contributed by atoms with Crippen molar-refractivity contribution in [1.29, 1.82) is 0 Å². The number of phosphoric acid groups is 1. The van der Waals surface area contributed by atoms with E-state index in [1.54, 1.807) is 6.08 Å². The van der Waals surface area contributed by atoms with Crippen LogP contribution in [0, 0.1) is 0 Å². The molecule has 48 heavy (non-hydrogen) atoms. The second kappa shape index (κ2) is 32.2. The largest absolute Gasteiger partial charge is 0.756 e. The van der Waals surface area contributed by atoms with E-state index >= 15 is 0 Å². The van der Waals surface area contributed by atoms with E-state index in [1.807, 2.05) is 27.2 Å². The van der Waals surface area contributed by atoms with E-state index in [2.05, 4.69) is 19.2 Å². The first-order valence-electron chi connectivity index (χ1n) is 20.1. The van der Waals surface area contributed by atoms with Gasteiger partial charge in [-0.2, -0.15) is 0 Å². The first kappa shape index (κ1) is 47.2. The molecular weight excluding hydrogens is 623 g/mol. The topological polar surface area (TPSA) is 108 Å². The Morgan fingerprint density at radius 2 is 1.12 bits per heavy atom. The van der Waals surface area contributed by atoms with Crippen molar-refractivity contribution in [2.24, 2.45) is 0 Å². The van der Waals surface area contributed by atoms with Crippen LogP contribution in [-0.4, -0.2) is 68.5 Å². The number of carbonyl (C=O) groups excluding carboxylic acids is 1. The van der Waals surface area contributed by atoms with Gasteiger partial charge in [0.05, 0.1) is 39.9 Å². The number of rotatable bonds is 36. The molecule has 3 atom stereocenters. The molecule has 0 bridgehead atoms. The van der Waals surface area contributed by atoms with Crippen LogP contribution >= 0.6 is 7.82 Å². The lowest BCUT2D eigenvalue weighted by atomic mass is 10.0. The van der Waals surface area contributed by atoms with Gasteiger partial charge in [-0.3, -0.25) is 9.36 Å². The highest BCUT2D eigenvalue weighted by atomic mass is 31.2. The summed E-state index contributed by atoms with van der Waals surface area (Å²) in [5.74, 6) is -0.198. The third-order valence-electron chi connectivity index (χ3n) is 9.00. The lowest BCUT2D eigenvalue weighted by molar-refractivity contribution is -0.870. The quantitative estimate of drug-likeness (QED) is 0.0291. The molecule has 0 aromatic heterocycles. The van der Waals surface area contributed by atoms with Crippen LogP contribution in [0.5, 0.6) is 0 Å². The van der Waals surface area contributed by atoms with Crippen molar-refractivity contribution in [1.82, 2.24) is 5.32 Å². The zero-order valence-corrected chi connectivity index (χ0v) is 33.1. The summed E-state index contributed by atoms with van der Waals surface area (Å²) in [6, 6.07) is -0.877. The fourth-order valence-electron chi connectivity index (χ4n) is 5.74. The maximum Gasteiger partial charge on any atom is 0.268 e. The number of aliphatic hydroxyl groups excluding tert-OH is 1. The summed E-state index contributed by atoms with van der Waals surface area (Å²) in [5.41, 5.74) is 0. The van der Waals surface area contributed by atoms with Crippen molar-refractivity contribution in [3.63, 3.8) is 0 Å². The second-order valence-electron chi connectivity index (χ2n) is 15.0. The van der Waals surface area contributed by atoms with Gasteiger partial charge in [0.15, 0.2) is 0 Å². The molecule has 0 spiro atoms. The monoisotopic (exact) mass is 703 g/mol. The van der Waals surface area contributed by atoms with Crippen molar-refractivity contribution in [3.05, 3.63) is 12.2 Å². The fourth-order valence-corrected chi connectivity index (χ4v) is 6.46. The third kappa shape index (κ3) is 33.7. The molecule has 286 valence electrons. The summed E-state index contributed by atoms with van der Waals surface area (Å²) < 4.78 is 23.1. The number of quaternary nitrogens is 1. The Labute approximate surface area is 297 Å². The lowest BCUT2D eigenvalue weighted by Crippen LogP contribution is -2.45. The predicted molar refractivity (Wildman–Crippen MR) is 201 cm³/mol. The standard InChI is InChI=1S/C39H79N2O6P/c1-6-8-10-12-14-16-18-19-20-21-23-25-27-29-31-33-39(43)40-37(36-47-48(44,45)46-35-34-41(3,4)5)38(42)32-30-28-26-24-22-17-15-13-11-9-7-2/h30,32,37-38,42H,6-29,31,33-36H2,1-5H3,(H-,40,43,44,45)/b32-30+/t37-,38+/m0/s1. The van der Waals surface area contributed by atoms with Gasteiger partial charge >= 0.3 is 0 Å². The van der Waals surface area contributed by atoms with Crippen LogP contribution < -0.4 is 10.2 Å². The molecule has 0 heterocycles. The summed E-state index contributed by atoms with van der Waals surface area (Å²) in [7, 11) is 1.27. The van der Waals surface area contributed by atoms with Gasteiger partial charge in [-0.15, -0.1) is 0 Å². The lowest BCUT2D eigenvalue weighted by Gasteiger charge is -2.29. The van der Waals surface area contributed by atoms with E-state index in [0.29, 0.717) is 17.4 Å². The summed E-state index contributed by atoms with van der Waals surface area (Å²) in [6.07, 6.45) is 33.9. The number of phosphoric ester groups is 1. The minimum atomic E-state index is -4.57. The van der Waals surface area contributed by atoms with Gasteiger partial charge in [0.1, 0.15) is 13.2 Å². The molecule has 0 fully saturated rings. The highest BCUT2D eigenvalue weighted by Crippen LogP contribution is 2.38. The Balaban J connectivity index is 4.45. The van der Waals surface area contributed by atoms with Crippen molar-refractivity contribution in [3.8, 4) is 0 Å². The van der Waals surface area contributed by atoms with Gasteiger partial charge in [-0.25, -0.2) is 0 Å².